The van der Waals surface area contributed by atoms with E-state index < -0.39 is 0 Å². The van der Waals surface area contributed by atoms with Gasteiger partial charge in [-0.15, -0.1) is 10.2 Å². The van der Waals surface area contributed by atoms with Gasteiger partial charge in [0.25, 0.3) is 5.91 Å². The van der Waals surface area contributed by atoms with Gasteiger partial charge in [0.1, 0.15) is 5.82 Å². The van der Waals surface area contributed by atoms with Crippen LogP contribution in [0, 0.1) is 6.92 Å². The number of hydrogen-bond acceptors (Lipinski definition) is 5. The molecule has 0 spiro atoms. The van der Waals surface area contributed by atoms with Crippen molar-refractivity contribution in [1.29, 1.82) is 0 Å². The van der Waals surface area contributed by atoms with Crippen LogP contribution in [0.4, 0.5) is 4.79 Å². The summed E-state index contributed by atoms with van der Waals surface area (Å²) < 4.78 is 6.82. The molecule has 3 rings (SSSR count). The van der Waals surface area contributed by atoms with Crippen LogP contribution >= 0.6 is 0 Å². The molecule has 0 saturated carbocycles. The molecule has 1 N–H and O–H groups in total. The fourth-order valence-corrected chi connectivity index (χ4v) is 2.84. The number of hydrogen-bond donors (Lipinski definition) is 1. The normalized spacial score (nSPS) is 15.5. The van der Waals surface area contributed by atoms with Crippen molar-refractivity contribution in [3.8, 4) is 0 Å². The summed E-state index contributed by atoms with van der Waals surface area (Å²) in [6, 6.07) is 3.54. The number of carbonyl (C=O) groups is 2. The zero-order chi connectivity index (χ0) is 17.1. The average molecular weight is 331 g/mol. The van der Waals surface area contributed by atoms with Gasteiger partial charge in [0, 0.05) is 30.9 Å². The molecule has 0 bridgehead atoms. The Morgan fingerprint density at radius 3 is 2.79 bits per heavy atom. The van der Waals surface area contributed by atoms with Gasteiger partial charge in [-0.1, -0.05) is 0 Å². The zero-order valence-electron chi connectivity index (χ0n) is 13.9. The van der Waals surface area contributed by atoms with E-state index in [9.17, 15) is 9.59 Å². The Labute approximate surface area is 139 Å². The number of likely N-dealkylation sites (tertiary alicyclic amines) is 1. The minimum atomic E-state index is -0.282. The number of pyridine rings is 1. The fourth-order valence-electron chi connectivity index (χ4n) is 2.84. The highest BCUT2D eigenvalue weighted by Gasteiger charge is 2.24. The Morgan fingerprint density at radius 1 is 1.33 bits per heavy atom. The summed E-state index contributed by atoms with van der Waals surface area (Å²) in [5.41, 5.74) is 1.21. The molecule has 0 aromatic carbocycles. The van der Waals surface area contributed by atoms with Crippen molar-refractivity contribution in [1.82, 2.24) is 24.8 Å². The molecule has 0 radical (unpaired) electrons. The van der Waals surface area contributed by atoms with E-state index in [2.05, 4.69) is 15.5 Å². The van der Waals surface area contributed by atoms with Crippen LogP contribution in [0.2, 0.25) is 0 Å². The highest BCUT2D eigenvalue weighted by molar-refractivity contribution is 5.95. The maximum Gasteiger partial charge on any atom is 0.409 e. The second-order valence-corrected chi connectivity index (χ2v) is 5.82. The number of piperidine rings is 1. The van der Waals surface area contributed by atoms with E-state index in [1.807, 2.05) is 11.3 Å². The summed E-state index contributed by atoms with van der Waals surface area (Å²) in [4.78, 5) is 25.8. The van der Waals surface area contributed by atoms with Gasteiger partial charge in [-0.05, 0) is 38.8 Å². The van der Waals surface area contributed by atoms with Crippen molar-refractivity contribution in [3.63, 3.8) is 0 Å². The third kappa shape index (κ3) is 3.32. The van der Waals surface area contributed by atoms with Crippen molar-refractivity contribution in [2.24, 2.45) is 0 Å². The predicted octanol–water partition coefficient (Wildman–Crippen LogP) is 1.39. The Morgan fingerprint density at radius 2 is 2.08 bits per heavy atom. The third-order valence-corrected chi connectivity index (χ3v) is 4.20. The smallest absolute Gasteiger partial charge is 0.409 e. The van der Waals surface area contributed by atoms with E-state index in [1.165, 1.54) is 0 Å². The molecule has 1 fully saturated rings. The summed E-state index contributed by atoms with van der Waals surface area (Å²) >= 11 is 0. The standard InChI is InChI=1S/C16H21N5O3/c1-3-24-16(23)20-7-5-13(6-8-20)17-15(22)12-4-9-21-11(2)18-19-14(21)10-12/h4,9-10,13H,3,5-8H2,1-2H3,(H,17,22). The molecule has 0 aliphatic carbocycles. The quantitative estimate of drug-likeness (QED) is 0.918. The molecular weight excluding hydrogens is 310 g/mol. The lowest BCUT2D eigenvalue weighted by Gasteiger charge is -2.31. The largest absolute Gasteiger partial charge is 0.450 e. The van der Waals surface area contributed by atoms with Crippen LogP contribution < -0.4 is 5.32 Å². The Kier molecular flexibility index (Phi) is 4.64. The molecule has 8 heteroatoms. The van der Waals surface area contributed by atoms with Gasteiger partial charge in [0.05, 0.1) is 6.61 Å². The number of fused-ring (bicyclic) bond motifs is 1. The lowest BCUT2D eigenvalue weighted by molar-refractivity contribution is 0.0860. The van der Waals surface area contributed by atoms with E-state index >= 15 is 0 Å². The fraction of sp³-hybridized carbons (Fsp3) is 0.500. The SMILES string of the molecule is CCOC(=O)N1CCC(NC(=O)c2ccn3c(C)nnc3c2)CC1. The maximum absolute atomic E-state index is 12.4. The van der Waals surface area contributed by atoms with Crippen LogP contribution in [-0.4, -0.2) is 57.2 Å². The predicted molar refractivity (Wildman–Crippen MR) is 86.8 cm³/mol. The first-order valence-electron chi connectivity index (χ1n) is 8.12. The lowest BCUT2D eigenvalue weighted by Crippen LogP contribution is -2.46. The molecule has 24 heavy (non-hydrogen) atoms. The number of nitrogens with one attached hydrogen (secondary N) is 1. The molecule has 128 valence electrons. The van der Waals surface area contributed by atoms with Gasteiger partial charge < -0.3 is 15.0 Å². The molecule has 0 atom stereocenters. The highest BCUT2D eigenvalue weighted by atomic mass is 16.6. The first kappa shape index (κ1) is 16.2. The second kappa shape index (κ2) is 6.86. The van der Waals surface area contributed by atoms with Crippen molar-refractivity contribution in [2.45, 2.75) is 32.7 Å². The maximum atomic E-state index is 12.4. The number of aryl methyl sites for hydroxylation is 1. The van der Waals surface area contributed by atoms with Crippen LogP contribution in [0.3, 0.4) is 0 Å². The van der Waals surface area contributed by atoms with Crippen LogP contribution in [0.5, 0.6) is 0 Å². The van der Waals surface area contributed by atoms with Crippen molar-refractivity contribution in [2.75, 3.05) is 19.7 Å². The van der Waals surface area contributed by atoms with Crippen LogP contribution in [-0.2, 0) is 4.74 Å². The first-order valence-corrected chi connectivity index (χ1v) is 8.12. The monoisotopic (exact) mass is 331 g/mol. The van der Waals surface area contributed by atoms with Gasteiger partial charge in [-0.25, -0.2) is 4.79 Å². The van der Waals surface area contributed by atoms with E-state index in [0.717, 1.165) is 18.7 Å². The number of aromatic nitrogens is 3. The van der Waals surface area contributed by atoms with Crippen molar-refractivity contribution < 1.29 is 14.3 Å². The van der Waals surface area contributed by atoms with Gasteiger partial charge in [-0.3, -0.25) is 9.20 Å². The highest BCUT2D eigenvalue weighted by Crippen LogP contribution is 2.13. The molecule has 8 nitrogen and oxygen atoms in total. The third-order valence-electron chi connectivity index (χ3n) is 4.20. The molecular formula is C16H21N5O3. The number of amides is 2. The van der Waals surface area contributed by atoms with Gasteiger partial charge >= 0.3 is 6.09 Å². The van der Waals surface area contributed by atoms with E-state index in [4.69, 9.17) is 4.74 Å². The summed E-state index contributed by atoms with van der Waals surface area (Å²) in [5.74, 6) is 0.649. The molecule has 3 heterocycles. The summed E-state index contributed by atoms with van der Waals surface area (Å²) in [6.07, 6.45) is 2.95. The van der Waals surface area contributed by atoms with Crippen LogP contribution in [0.1, 0.15) is 35.9 Å². The Hall–Kier alpha value is -2.64. The topological polar surface area (TPSA) is 88.8 Å². The average Bonchev–Trinajstić information content (AvgIpc) is 2.96. The van der Waals surface area contributed by atoms with E-state index in [0.29, 0.717) is 30.9 Å². The molecule has 1 aliphatic heterocycles. The summed E-state index contributed by atoms with van der Waals surface area (Å²) in [7, 11) is 0. The van der Waals surface area contributed by atoms with Gasteiger partial charge in [0.2, 0.25) is 0 Å². The number of carbonyl (C=O) groups excluding carboxylic acids is 2. The first-order chi connectivity index (χ1) is 11.6. The molecule has 0 unspecified atom stereocenters. The zero-order valence-corrected chi connectivity index (χ0v) is 13.9. The van der Waals surface area contributed by atoms with Crippen molar-refractivity contribution in [3.05, 3.63) is 29.7 Å². The van der Waals surface area contributed by atoms with Crippen LogP contribution in [0.25, 0.3) is 5.65 Å². The summed E-state index contributed by atoms with van der Waals surface area (Å²) in [6.45, 7) is 5.20. The van der Waals surface area contributed by atoms with Crippen molar-refractivity contribution >= 4 is 17.6 Å². The number of ether oxygens (including phenoxy) is 1. The number of rotatable bonds is 3. The lowest BCUT2D eigenvalue weighted by atomic mass is 10.0. The van der Waals surface area contributed by atoms with Gasteiger partial charge in [0.15, 0.2) is 5.65 Å². The molecule has 2 amide bonds. The molecule has 1 aliphatic rings. The summed E-state index contributed by atoms with van der Waals surface area (Å²) in [5, 5.41) is 11.0. The second-order valence-electron chi connectivity index (χ2n) is 5.82. The Bertz CT molecular complexity index is 749. The molecule has 1 saturated heterocycles. The Balaban J connectivity index is 1.58. The minimum Gasteiger partial charge on any atom is -0.450 e. The molecule has 2 aromatic rings. The van der Waals surface area contributed by atoms with Crippen LogP contribution in [0.15, 0.2) is 18.3 Å². The minimum absolute atomic E-state index is 0.0546. The van der Waals surface area contributed by atoms with E-state index in [-0.39, 0.29) is 18.0 Å². The number of nitrogens with zero attached hydrogens (tertiary/aromatic N) is 4. The van der Waals surface area contributed by atoms with E-state index in [1.54, 1.807) is 30.2 Å². The van der Waals surface area contributed by atoms with Gasteiger partial charge in [-0.2, -0.15) is 0 Å². The molecule has 2 aromatic heterocycles.